The lowest BCUT2D eigenvalue weighted by molar-refractivity contribution is -0.112. The second kappa shape index (κ2) is 9.93. The Balaban J connectivity index is 1.60. The van der Waals surface area contributed by atoms with Crippen molar-refractivity contribution in [3.05, 3.63) is 59.7 Å². The van der Waals surface area contributed by atoms with Gasteiger partial charge in [-0.1, -0.05) is 17.7 Å². The summed E-state index contributed by atoms with van der Waals surface area (Å²) in [7, 11) is 1.52. The molecule has 0 spiro atoms. The molecule has 0 unspecified atom stereocenters. The largest absolute Gasteiger partial charge is 0.494 e. The number of hydrogen-bond donors (Lipinski definition) is 2. The highest BCUT2D eigenvalue weighted by Gasteiger charge is 2.14. The Bertz CT molecular complexity index is 1170. The van der Waals surface area contributed by atoms with Crippen LogP contribution in [0.2, 0.25) is 5.02 Å². The fraction of sp³-hybridized carbons (Fsp3) is 0.261. The molecule has 1 aromatic heterocycles. The van der Waals surface area contributed by atoms with Crippen LogP contribution in [0.1, 0.15) is 12.8 Å². The minimum Gasteiger partial charge on any atom is -0.494 e. The maximum Gasteiger partial charge on any atom is 0.248 e. The van der Waals surface area contributed by atoms with Crippen LogP contribution < -0.4 is 15.4 Å². The number of methoxy groups -OCH3 is 1. The molecule has 1 aliphatic heterocycles. The molecule has 7 nitrogen and oxygen atoms in total. The second-order valence-corrected chi connectivity index (χ2v) is 7.75. The number of carbonyl (C=O) groups is 1. The molecule has 2 aromatic carbocycles. The molecule has 9 heteroatoms. The third-order valence-corrected chi connectivity index (χ3v) is 5.47. The summed E-state index contributed by atoms with van der Waals surface area (Å²) in [4.78, 5) is 21.1. The number of nitrogens with one attached hydrogen (secondary N) is 2. The van der Waals surface area contributed by atoms with Gasteiger partial charge in [-0.25, -0.2) is 14.4 Å². The first-order valence-electron chi connectivity index (χ1n) is 10.1. The van der Waals surface area contributed by atoms with Gasteiger partial charge in [0.25, 0.3) is 0 Å². The van der Waals surface area contributed by atoms with Crippen molar-refractivity contribution in [3.63, 3.8) is 0 Å². The maximum atomic E-state index is 13.5. The highest BCUT2D eigenvalue weighted by Crippen LogP contribution is 2.33. The van der Waals surface area contributed by atoms with Crippen molar-refractivity contribution < 1.29 is 18.7 Å². The summed E-state index contributed by atoms with van der Waals surface area (Å²) >= 11 is 5.88. The molecule has 0 radical (unpaired) electrons. The molecule has 0 saturated carbocycles. The van der Waals surface area contributed by atoms with Crippen LogP contribution in [0, 0.1) is 11.7 Å². The number of amides is 1. The summed E-state index contributed by atoms with van der Waals surface area (Å²) in [5.74, 6) is 0.521. The van der Waals surface area contributed by atoms with Crippen LogP contribution in [-0.4, -0.2) is 36.2 Å². The van der Waals surface area contributed by atoms with Gasteiger partial charge >= 0.3 is 0 Å². The SMILES string of the molecule is COc1cc2ncnc(Nc3ccc(F)c(Cl)c3)c2cc1NC(=O)/C=C/C1CCOCC1. The van der Waals surface area contributed by atoms with Crippen molar-refractivity contribution in [1.82, 2.24) is 9.97 Å². The fourth-order valence-corrected chi connectivity index (χ4v) is 3.65. The minimum atomic E-state index is -0.506. The van der Waals surface area contributed by atoms with E-state index in [2.05, 4.69) is 20.6 Å². The van der Waals surface area contributed by atoms with Crippen LogP contribution in [0.25, 0.3) is 10.9 Å². The maximum absolute atomic E-state index is 13.5. The predicted octanol–water partition coefficient (Wildman–Crippen LogP) is 5.10. The number of anilines is 3. The Kier molecular flexibility index (Phi) is 6.82. The van der Waals surface area contributed by atoms with Gasteiger partial charge < -0.3 is 20.1 Å². The van der Waals surface area contributed by atoms with Crippen LogP contribution in [0.15, 0.2) is 48.8 Å². The average Bonchev–Trinajstić information content (AvgIpc) is 2.81. The van der Waals surface area contributed by atoms with Crippen LogP contribution in [0.3, 0.4) is 0 Å². The second-order valence-electron chi connectivity index (χ2n) is 7.34. The molecule has 4 rings (SSSR count). The zero-order chi connectivity index (χ0) is 22.5. The summed E-state index contributed by atoms with van der Waals surface area (Å²) in [5, 5.41) is 6.63. The van der Waals surface area contributed by atoms with Crippen LogP contribution in [-0.2, 0) is 9.53 Å². The van der Waals surface area contributed by atoms with E-state index in [1.807, 2.05) is 6.08 Å². The van der Waals surface area contributed by atoms with E-state index in [4.69, 9.17) is 21.1 Å². The monoisotopic (exact) mass is 456 g/mol. The zero-order valence-corrected chi connectivity index (χ0v) is 18.2. The lowest BCUT2D eigenvalue weighted by atomic mass is 10.00. The highest BCUT2D eigenvalue weighted by molar-refractivity contribution is 6.31. The van der Waals surface area contributed by atoms with Gasteiger partial charge in [0, 0.05) is 30.4 Å². The topological polar surface area (TPSA) is 85.4 Å². The van der Waals surface area contributed by atoms with Crippen LogP contribution in [0.4, 0.5) is 21.6 Å². The Morgan fingerprint density at radius 1 is 1.25 bits per heavy atom. The quantitative estimate of drug-likeness (QED) is 0.502. The van der Waals surface area contributed by atoms with Crippen molar-refractivity contribution in [1.29, 1.82) is 0 Å². The van der Waals surface area contributed by atoms with Crippen molar-refractivity contribution in [3.8, 4) is 5.75 Å². The lowest BCUT2D eigenvalue weighted by Gasteiger charge is -2.18. The third-order valence-electron chi connectivity index (χ3n) is 5.18. The van der Waals surface area contributed by atoms with E-state index in [1.54, 1.807) is 24.3 Å². The van der Waals surface area contributed by atoms with Crippen LogP contribution >= 0.6 is 11.6 Å². The molecular formula is C23H22ClFN4O3. The molecule has 32 heavy (non-hydrogen) atoms. The number of hydrogen-bond acceptors (Lipinski definition) is 6. The fourth-order valence-electron chi connectivity index (χ4n) is 3.47. The van der Waals surface area contributed by atoms with Gasteiger partial charge in [-0.2, -0.15) is 0 Å². The molecule has 0 bridgehead atoms. The Hall–Kier alpha value is -3.23. The molecule has 1 saturated heterocycles. The summed E-state index contributed by atoms with van der Waals surface area (Å²) in [6, 6.07) is 7.76. The normalized spacial score (nSPS) is 14.6. The lowest BCUT2D eigenvalue weighted by Crippen LogP contribution is -2.15. The molecule has 3 aromatic rings. The van der Waals surface area contributed by atoms with Crippen molar-refractivity contribution in [2.45, 2.75) is 12.8 Å². The number of carbonyl (C=O) groups excluding carboxylic acids is 1. The number of allylic oxidation sites excluding steroid dienone is 1. The van der Waals surface area contributed by atoms with Crippen molar-refractivity contribution in [2.75, 3.05) is 31.0 Å². The smallest absolute Gasteiger partial charge is 0.248 e. The molecule has 1 aliphatic rings. The molecule has 0 atom stereocenters. The molecule has 0 aliphatic carbocycles. The van der Waals surface area contributed by atoms with Crippen molar-refractivity contribution >= 4 is 45.6 Å². The summed E-state index contributed by atoms with van der Waals surface area (Å²) in [5.41, 5.74) is 1.66. The third kappa shape index (κ3) is 5.15. The molecule has 2 heterocycles. The first-order valence-corrected chi connectivity index (χ1v) is 10.5. The molecule has 166 valence electrons. The summed E-state index contributed by atoms with van der Waals surface area (Å²) < 4.78 is 24.3. The van der Waals surface area contributed by atoms with Gasteiger partial charge in [0.05, 0.1) is 23.3 Å². The van der Waals surface area contributed by atoms with Gasteiger partial charge in [-0.05, 0) is 49.1 Å². The van der Waals surface area contributed by atoms with E-state index >= 15 is 0 Å². The van der Waals surface area contributed by atoms with E-state index < -0.39 is 5.82 Å². The molecule has 2 N–H and O–H groups in total. The number of nitrogens with zero attached hydrogens (tertiary/aromatic N) is 2. The summed E-state index contributed by atoms with van der Waals surface area (Å²) in [6.07, 6.45) is 6.68. The summed E-state index contributed by atoms with van der Waals surface area (Å²) in [6.45, 7) is 1.42. The number of ether oxygens (including phenoxy) is 2. The van der Waals surface area contributed by atoms with Gasteiger partial charge in [-0.15, -0.1) is 0 Å². The van der Waals surface area contributed by atoms with Crippen LogP contribution in [0.5, 0.6) is 5.75 Å². The zero-order valence-electron chi connectivity index (χ0n) is 17.4. The Morgan fingerprint density at radius 2 is 2.06 bits per heavy atom. The van der Waals surface area contributed by atoms with E-state index in [1.165, 1.54) is 25.6 Å². The first-order chi connectivity index (χ1) is 15.5. The molecule has 1 fully saturated rings. The number of aromatic nitrogens is 2. The van der Waals surface area contributed by atoms with Gasteiger partial charge in [0.1, 0.15) is 23.7 Å². The Labute approximate surface area is 189 Å². The number of fused-ring (bicyclic) bond motifs is 1. The van der Waals surface area contributed by atoms with Gasteiger partial charge in [-0.3, -0.25) is 4.79 Å². The van der Waals surface area contributed by atoms with E-state index in [-0.39, 0.29) is 10.9 Å². The molecular weight excluding hydrogens is 435 g/mol. The van der Waals surface area contributed by atoms with Crippen molar-refractivity contribution in [2.24, 2.45) is 5.92 Å². The Morgan fingerprint density at radius 3 is 2.81 bits per heavy atom. The first kappa shape index (κ1) is 22.0. The minimum absolute atomic E-state index is 0.000649. The van der Waals surface area contributed by atoms with E-state index in [0.717, 1.165) is 12.8 Å². The number of rotatable bonds is 6. The van der Waals surface area contributed by atoms with Gasteiger partial charge in [0.15, 0.2) is 0 Å². The van der Waals surface area contributed by atoms with E-state index in [0.29, 0.717) is 53.0 Å². The number of benzene rings is 2. The molecule has 1 amide bonds. The standard InChI is InChI=1S/C23H22ClFN4O3/c1-31-21-12-19-16(11-20(21)29-22(30)5-2-14-6-8-32-9-7-14)23(27-13-26-19)28-15-3-4-18(25)17(24)10-15/h2-5,10-14H,6-9H2,1H3,(H,29,30)(H,26,27,28)/b5-2+. The average molecular weight is 457 g/mol. The predicted molar refractivity (Wildman–Crippen MR) is 122 cm³/mol. The van der Waals surface area contributed by atoms with Gasteiger partial charge in [0.2, 0.25) is 5.91 Å². The highest BCUT2D eigenvalue weighted by atomic mass is 35.5. The number of halogens is 2. The van der Waals surface area contributed by atoms with E-state index in [9.17, 15) is 9.18 Å².